The number of carbonyl (C=O) groups excluding carboxylic acids is 1. The van der Waals surface area contributed by atoms with Gasteiger partial charge in [0, 0.05) is 5.56 Å². The van der Waals surface area contributed by atoms with E-state index in [4.69, 9.17) is 35.5 Å². The molecule has 4 rings (SSSR count). The first-order valence-electron chi connectivity index (χ1n) is 14.1. The van der Waals surface area contributed by atoms with E-state index in [0.717, 1.165) is 22.4 Å². The first-order chi connectivity index (χ1) is 20.6. The van der Waals surface area contributed by atoms with Crippen LogP contribution >= 0.6 is 11.6 Å². The number of methoxy groups -OCH3 is 1. The SMILES string of the molecule is CCOC(=O)[C@H](C)Oc1c(Cl)cc(C=Nn2c(-c3cc(C(C)C)c(OCC)cc3C)nc3ccccc3c2=O)cc1OC. The van der Waals surface area contributed by atoms with Gasteiger partial charge in [-0.1, -0.05) is 37.6 Å². The molecule has 9 nitrogen and oxygen atoms in total. The van der Waals surface area contributed by atoms with E-state index in [1.165, 1.54) is 18.0 Å². The molecule has 1 heterocycles. The molecular formula is C33H36ClN3O6. The van der Waals surface area contributed by atoms with Crippen molar-refractivity contribution in [1.82, 2.24) is 9.66 Å². The normalized spacial score (nSPS) is 12.1. The summed E-state index contributed by atoms with van der Waals surface area (Å²) in [5, 5.41) is 5.23. The molecule has 0 amide bonds. The highest BCUT2D eigenvalue weighted by molar-refractivity contribution is 6.32. The molecule has 0 bridgehead atoms. The van der Waals surface area contributed by atoms with Crippen molar-refractivity contribution >= 4 is 34.7 Å². The van der Waals surface area contributed by atoms with Crippen LogP contribution in [0.25, 0.3) is 22.3 Å². The number of hydrogen-bond acceptors (Lipinski definition) is 8. The predicted octanol–water partition coefficient (Wildman–Crippen LogP) is 6.77. The Morgan fingerprint density at radius 2 is 1.81 bits per heavy atom. The van der Waals surface area contributed by atoms with Gasteiger partial charge in [0.25, 0.3) is 5.56 Å². The fraction of sp³-hybridized carbons (Fsp3) is 0.333. The van der Waals surface area contributed by atoms with E-state index in [9.17, 15) is 9.59 Å². The number of benzene rings is 3. The zero-order valence-electron chi connectivity index (χ0n) is 25.4. The molecule has 3 aromatic carbocycles. The van der Waals surface area contributed by atoms with Crippen molar-refractivity contribution in [3.8, 4) is 28.6 Å². The lowest BCUT2D eigenvalue weighted by molar-refractivity contribution is -0.150. The molecule has 0 aliphatic rings. The zero-order chi connectivity index (χ0) is 31.3. The van der Waals surface area contributed by atoms with Crippen LogP contribution in [0.1, 0.15) is 57.2 Å². The van der Waals surface area contributed by atoms with Crippen molar-refractivity contribution in [3.05, 3.63) is 80.6 Å². The predicted molar refractivity (Wildman–Crippen MR) is 169 cm³/mol. The quantitative estimate of drug-likeness (QED) is 0.137. The Morgan fingerprint density at radius 3 is 2.49 bits per heavy atom. The van der Waals surface area contributed by atoms with Gasteiger partial charge >= 0.3 is 5.97 Å². The molecule has 10 heteroatoms. The number of carbonyl (C=O) groups is 1. The smallest absolute Gasteiger partial charge is 0.347 e. The summed E-state index contributed by atoms with van der Waals surface area (Å²) in [4.78, 5) is 30.8. The molecule has 4 aromatic rings. The molecule has 0 saturated heterocycles. The number of rotatable bonds is 11. The van der Waals surface area contributed by atoms with Gasteiger partial charge in [-0.15, -0.1) is 0 Å². The number of esters is 1. The minimum absolute atomic E-state index is 0.173. The lowest BCUT2D eigenvalue weighted by atomic mass is 9.96. The van der Waals surface area contributed by atoms with Gasteiger partial charge < -0.3 is 18.9 Å². The minimum Gasteiger partial charge on any atom is -0.494 e. The third-order valence-electron chi connectivity index (χ3n) is 6.76. The van der Waals surface area contributed by atoms with Crippen LogP contribution in [0.3, 0.4) is 0 Å². The number of aromatic nitrogens is 2. The maximum absolute atomic E-state index is 13.8. The van der Waals surface area contributed by atoms with Gasteiger partial charge in [0.2, 0.25) is 0 Å². The topological polar surface area (TPSA) is 101 Å². The number of hydrogen-bond donors (Lipinski definition) is 0. The van der Waals surface area contributed by atoms with Crippen LogP contribution in [-0.4, -0.2) is 48.3 Å². The standard InChI is InChI=1S/C33H36ClN3O6/c1-8-41-28-14-20(5)25(17-24(28)19(3)4)31-36-27-13-11-10-12-23(27)32(38)37(31)35-18-22-15-26(34)30(29(16-22)40-7)43-21(6)33(39)42-9-2/h10-19,21H,8-9H2,1-7H3/t21-/m0/s1. The molecule has 0 aliphatic heterocycles. The Bertz CT molecular complexity index is 1730. The largest absolute Gasteiger partial charge is 0.494 e. The third-order valence-corrected chi connectivity index (χ3v) is 7.04. The van der Waals surface area contributed by atoms with E-state index in [0.29, 0.717) is 34.6 Å². The molecular weight excluding hydrogens is 570 g/mol. The van der Waals surface area contributed by atoms with Crippen molar-refractivity contribution < 1.29 is 23.7 Å². The Hall–Kier alpha value is -4.37. The van der Waals surface area contributed by atoms with Crippen molar-refractivity contribution in [3.63, 3.8) is 0 Å². The summed E-state index contributed by atoms with van der Waals surface area (Å²) in [5.74, 6) is 1.33. The molecule has 226 valence electrons. The Morgan fingerprint density at radius 1 is 1.07 bits per heavy atom. The molecule has 0 spiro atoms. The highest BCUT2D eigenvalue weighted by Gasteiger charge is 2.22. The molecule has 0 fully saturated rings. The number of ether oxygens (including phenoxy) is 4. The highest BCUT2D eigenvalue weighted by Crippen LogP contribution is 2.37. The summed E-state index contributed by atoms with van der Waals surface area (Å²) >= 11 is 6.55. The number of aryl methyl sites for hydroxylation is 1. The van der Waals surface area contributed by atoms with Crippen molar-refractivity contribution in [1.29, 1.82) is 0 Å². The molecule has 1 atom stereocenters. The fourth-order valence-corrected chi connectivity index (χ4v) is 4.88. The minimum atomic E-state index is -0.899. The first kappa shape index (κ1) is 31.6. The highest BCUT2D eigenvalue weighted by atomic mass is 35.5. The Balaban J connectivity index is 1.85. The van der Waals surface area contributed by atoms with Crippen molar-refractivity contribution in [2.75, 3.05) is 20.3 Å². The monoisotopic (exact) mass is 605 g/mol. The van der Waals surface area contributed by atoms with E-state index in [1.807, 2.05) is 38.1 Å². The van der Waals surface area contributed by atoms with Gasteiger partial charge in [-0.25, -0.2) is 9.78 Å². The second-order valence-corrected chi connectivity index (χ2v) is 10.6. The van der Waals surface area contributed by atoms with Crippen molar-refractivity contribution in [2.45, 2.75) is 53.6 Å². The van der Waals surface area contributed by atoms with Crippen LogP contribution in [0, 0.1) is 6.92 Å². The zero-order valence-corrected chi connectivity index (χ0v) is 26.2. The van der Waals surface area contributed by atoms with Crippen LogP contribution in [0.4, 0.5) is 0 Å². The number of para-hydroxylation sites is 1. The van der Waals surface area contributed by atoms with E-state index in [1.54, 1.807) is 38.1 Å². The van der Waals surface area contributed by atoms with Gasteiger partial charge in [-0.05, 0) is 86.7 Å². The van der Waals surface area contributed by atoms with Crippen molar-refractivity contribution in [2.24, 2.45) is 5.10 Å². The van der Waals surface area contributed by atoms with Crippen LogP contribution in [0.15, 0.2) is 58.4 Å². The third kappa shape index (κ3) is 6.83. The molecule has 0 unspecified atom stereocenters. The number of nitrogens with zero attached hydrogens (tertiary/aromatic N) is 3. The van der Waals surface area contributed by atoms with E-state index < -0.39 is 12.1 Å². The van der Waals surface area contributed by atoms with Crippen LogP contribution < -0.4 is 19.8 Å². The maximum atomic E-state index is 13.8. The van der Waals surface area contributed by atoms with Gasteiger partial charge in [0.15, 0.2) is 23.4 Å². The molecule has 0 aliphatic carbocycles. The van der Waals surface area contributed by atoms with E-state index >= 15 is 0 Å². The molecule has 0 radical (unpaired) electrons. The summed E-state index contributed by atoms with van der Waals surface area (Å²) < 4.78 is 23.5. The van der Waals surface area contributed by atoms with Gasteiger partial charge in [0.05, 0.1) is 42.5 Å². The lowest BCUT2D eigenvalue weighted by Crippen LogP contribution is -2.26. The fourth-order valence-electron chi connectivity index (χ4n) is 4.61. The Kier molecular flexibility index (Phi) is 10.1. The van der Waals surface area contributed by atoms with Gasteiger partial charge in [-0.2, -0.15) is 9.78 Å². The first-order valence-corrected chi connectivity index (χ1v) is 14.5. The number of fused-ring (bicyclic) bond motifs is 1. The average Bonchev–Trinajstić information content (AvgIpc) is 2.98. The van der Waals surface area contributed by atoms with E-state index in [-0.39, 0.29) is 28.9 Å². The van der Waals surface area contributed by atoms with Gasteiger partial charge in [-0.3, -0.25) is 4.79 Å². The Labute approximate surface area is 256 Å². The summed E-state index contributed by atoms with van der Waals surface area (Å²) in [7, 11) is 1.46. The van der Waals surface area contributed by atoms with Gasteiger partial charge in [0.1, 0.15) is 5.75 Å². The second-order valence-electron chi connectivity index (χ2n) is 10.2. The van der Waals surface area contributed by atoms with Crippen LogP contribution in [0.2, 0.25) is 5.02 Å². The summed E-state index contributed by atoms with van der Waals surface area (Å²) in [6.45, 7) is 12.1. The number of halogens is 1. The summed E-state index contributed by atoms with van der Waals surface area (Å²) in [6, 6.07) is 14.4. The summed E-state index contributed by atoms with van der Waals surface area (Å²) in [5.41, 5.74) is 3.44. The molecule has 0 saturated carbocycles. The van der Waals surface area contributed by atoms with Crippen LogP contribution in [-0.2, 0) is 9.53 Å². The second kappa shape index (κ2) is 13.7. The molecule has 0 N–H and O–H groups in total. The lowest BCUT2D eigenvalue weighted by Gasteiger charge is -2.18. The molecule has 1 aromatic heterocycles. The van der Waals surface area contributed by atoms with Crippen LogP contribution in [0.5, 0.6) is 17.2 Å². The molecule has 43 heavy (non-hydrogen) atoms. The summed E-state index contributed by atoms with van der Waals surface area (Å²) in [6.07, 6.45) is 0.602. The maximum Gasteiger partial charge on any atom is 0.347 e. The average molecular weight is 606 g/mol. The van der Waals surface area contributed by atoms with E-state index in [2.05, 4.69) is 18.9 Å².